The van der Waals surface area contributed by atoms with E-state index >= 15 is 0 Å². The molecule has 0 aliphatic rings. The van der Waals surface area contributed by atoms with Gasteiger partial charge >= 0.3 is 0 Å². The first-order valence-electron chi connectivity index (χ1n) is 5.53. The SMILES string of the molecule is CCNC(=O)CN(C)C(=O)c1cccc(N)c1Cl. The normalized spacial score (nSPS) is 9.94. The average molecular weight is 270 g/mol. The second-order valence-corrected chi connectivity index (χ2v) is 4.20. The Bertz CT molecular complexity index is 463. The van der Waals surface area contributed by atoms with Gasteiger partial charge in [0.25, 0.3) is 5.91 Å². The summed E-state index contributed by atoms with van der Waals surface area (Å²) in [4.78, 5) is 24.7. The number of carbonyl (C=O) groups is 2. The van der Waals surface area contributed by atoms with Crippen LogP contribution in [0.2, 0.25) is 5.02 Å². The van der Waals surface area contributed by atoms with Gasteiger partial charge < -0.3 is 16.0 Å². The molecule has 1 rings (SSSR count). The molecular weight excluding hydrogens is 254 g/mol. The summed E-state index contributed by atoms with van der Waals surface area (Å²) in [7, 11) is 1.54. The van der Waals surface area contributed by atoms with Crippen molar-refractivity contribution in [3.8, 4) is 0 Å². The predicted octanol–water partition coefficient (Wildman–Crippen LogP) is 1.13. The lowest BCUT2D eigenvalue weighted by atomic mass is 10.2. The van der Waals surface area contributed by atoms with Gasteiger partial charge in [0.15, 0.2) is 0 Å². The number of carbonyl (C=O) groups excluding carboxylic acids is 2. The average Bonchev–Trinajstić information content (AvgIpc) is 2.32. The molecule has 2 amide bonds. The maximum absolute atomic E-state index is 12.1. The van der Waals surface area contributed by atoms with E-state index in [-0.39, 0.29) is 23.4 Å². The van der Waals surface area contributed by atoms with Crippen LogP contribution in [0.1, 0.15) is 17.3 Å². The van der Waals surface area contributed by atoms with Crippen LogP contribution in [0.15, 0.2) is 18.2 Å². The van der Waals surface area contributed by atoms with Crippen molar-refractivity contribution in [3.05, 3.63) is 28.8 Å². The largest absolute Gasteiger partial charge is 0.398 e. The molecule has 0 radical (unpaired) electrons. The van der Waals surface area contributed by atoms with Crippen LogP contribution in [-0.2, 0) is 4.79 Å². The minimum atomic E-state index is -0.335. The highest BCUT2D eigenvalue weighted by atomic mass is 35.5. The van der Waals surface area contributed by atoms with Crippen LogP contribution in [0.25, 0.3) is 0 Å². The molecule has 1 aromatic carbocycles. The van der Waals surface area contributed by atoms with Gasteiger partial charge in [-0.25, -0.2) is 0 Å². The number of anilines is 1. The molecule has 0 fully saturated rings. The fraction of sp³-hybridized carbons (Fsp3) is 0.333. The van der Waals surface area contributed by atoms with Crippen molar-refractivity contribution in [3.63, 3.8) is 0 Å². The van der Waals surface area contributed by atoms with Crippen molar-refractivity contribution in [2.45, 2.75) is 6.92 Å². The standard InChI is InChI=1S/C12H16ClN3O2/c1-3-15-10(17)7-16(2)12(18)8-5-4-6-9(14)11(8)13/h4-6H,3,7,14H2,1-2H3,(H,15,17). The van der Waals surface area contributed by atoms with Gasteiger partial charge in [-0.15, -0.1) is 0 Å². The number of amides is 2. The molecule has 18 heavy (non-hydrogen) atoms. The summed E-state index contributed by atoms with van der Waals surface area (Å²) in [5, 5.41) is 2.83. The summed E-state index contributed by atoms with van der Waals surface area (Å²) in [5.41, 5.74) is 6.26. The fourth-order valence-electron chi connectivity index (χ4n) is 1.46. The maximum Gasteiger partial charge on any atom is 0.255 e. The minimum absolute atomic E-state index is 0.0161. The monoisotopic (exact) mass is 269 g/mol. The third kappa shape index (κ3) is 3.37. The number of likely N-dealkylation sites (N-methyl/N-ethyl adjacent to an activating group) is 2. The summed E-state index contributed by atoms with van der Waals surface area (Å²) in [6.45, 7) is 2.33. The van der Waals surface area contributed by atoms with E-state index in [0.29, 0.717) is 17.8 Å². The quantitative estimate of drug-likeness (QED) is 0.805. The Morgan fingerprint density at radius 2 is 2.11 bits per heavy atom. The number of nitrogens with one attached hydrogen (secondary N) is 1. The highest BCUT2D eigenvalue weighted by molar-refractivity contribution is 6.36. The first-order valence-corrected chi connectivity index (χ1v) is 5.91. The highest BCUT2D eigenvalue weighted by Crippen LogP contribution is 2.23. The summed E-state index contributed by atoms with van der Waals surface area (Å²) in [5.74, 6) is -0.549. The number of nitrogens with zero attached hydrogens (tertiary/aromatic N) is 1. The van der Waals surface area contributed by atoms with Crippen LogP contribution in [0, 0.1) is 0 Å². The van der Waals surface area contributed by atoms with Crippen LogP contribution in [0.4, 0.5) is 5.69 Å². The smallest absolute Gasteiger partial charge is 0.255 e. The Labute approximate surface area is 111 Å². The lowest BCUT2D eigenvalue weighted by Gasteiger charge is -2.17. The van der Waals surface area contributed by atoms with Crippen LogP contribution in [0.3, 0.4) is 0 Å². The van der Waals surface area contributed by atoms with Crippen molar-refractivity contribution in [2.24, 2.45) is 0 Å². The highest BCUT2D eigenvalue weighted by Gasteiger charge is 2.18. The molecule has 0 spiro atoms. The van der Waals surface area contributed by atoms with Crippen molar-refractivity contribution in [2.75, 3.05) is 25.9 Å². The van der Waals surface area contributed by atoms with Crippen molar-refractivity contribution >= 4 is 29.1 Å². The number of nitrogen functional groups attached to an aromatic ring is 1. The van der Waals surface area contributed by atoms with Gasteiger partial charge in [0, 0.05) is 13.6 Å². The maximum atomic E-state index is 12.1. The van der Waals surface area contributed by atoms with E-state index in [4.69, 9.17) is 17.3 Å². The van der Waals surface area contributed by atoms with Gasteiger partial charge in [-0.05, 0) is 19.1 Å². The summed E-state index contributed by atoms with van der Waals surface area (Å²) in [6.07, 6.45) is 0. The molecule has 0 aliphatic heterocycles. The zero-order chi connectivity index (χ0) is 13.7. The fourth-order valence-corrected chi connectivity index (χ4v) is 1.67. The number of nitrogens with two attached hydrogens (primary N) is 1. The molecule has 3 N–H and O–H groups in total. The van der Waals surface area contributed by atoms with E-state index in [0.717, 1.165) is 0 Å². The van der Waals surface area contributed by atoms with Crippen molar-refractivity contribution in [1.29, 1.82) is 0 Å². The Hall–Kier alpha value is -1.75. The Morgan fingerprint density at radius 1 is 1.44 bits per heavy atom. The van der Waals surface area contributed by atoms with Gasteiger partial charge in [0.1, 0.15) is 0 Å². The second-order valence-electron chi connectivity index (χ2n) is 3.82. The summed E-state index contributed by atoms with van der Waals surface area (Å²) >= 11 is 5.96. The van der Waals surface area contributed by atoms with Gasteiger partial charge in [0.2, 0.25) is 5.91 Å². The summed E-state index contributed by atoms with van der Waals surface area (Å²) < 4.78 is 0. The number of halogens is 1. The number of hydrogen-bond acceptors (Lipinski definition) is 3. The van der Waals surface area contributed by atoms with E-state index in [1.807, 2.05) is 6.92 Å². The molecule has 0 atom stereocenters. The summed E-state index contributed by atoms with van der Waals surface area (Å²) in [6, 6.07) is 4.84. The third-order valence-corrected chi connectivity index (χ3v) is 2.78. The molecule has 0 unspecified atom stereocenters. The van der Waals surface area contributed by atoms with Crippen LogP contribution in [0.5, 0.6) is 0 Å². The van der Waals surface area contributed by atoms with Crippen molar-refractivity contribution in [1.82, 2.24) is 10.2 Å². The van der Waals surface area contributed by atoms with Gasteiger partial charge in [-0.1, -0.05) is 17.7 Å². The Balaban J connectivity index is 2.81. The first-order chi connectivity index (χ1) is 8.47. The molecule has 0 saturated carbocycles. The lowest BCUT2D eigenvalue weighted by molar-refractivity contribution is -0.121. The topological polar surface area (TPSA) is 75.4 Å². The zero-order valence-corrected chi connectivity index (χ0v) is 11.1. The van der Waals surface area contributed by atoms with Gasteiger partial charge in [-0.3, -0.25) is 9.59 Å². The molecular formula is C12H16ClN3O2. The Morgan fingerprint density at radius 3 is 2.72 bits per heavy atom. The molecule has 0 heterocycles. The van der Waals surface area contributed by atoms with E-state index in [1.54, 1.807) is 18.2 Å². The van der Waals surface area contributed by atoms with Gasteiger partial charge in [0.05, 0.1) is 22.8 Å². The van der Waals surface area contributed by atoms with E-state index in [2.05, 4.69) is 5.32 Å². The zero-order valence-electron chi connectivity index (χ0n) is 10.4. The third-order valence-electron chi connectivity index (χ3n) is 2.36. The van der Waals surface area contributed by atoms with Crippen LogP contribution in [-0.4, -0.2) is 36.9 Å². The second kappa shape index (κ2) is 6.26. The number of benzene rings is 1. The molecule has 0 bridgehead atoms. The van der Waals surface area contributed by atoms with Gasteiger partial charge in [-0.2, -0.15) is 0 Å². The predicted molar refractivity (Wildman–Crippen MR) is 71.5 cm³/mol. The first kappa shape index (κ1) is 14.3. The van der Waals surface area contributed by atoms with Crippen LogP contribution < -0.4 is 11.1 Å². The molecule has 5 nitrogen and oxygen atoms in total. The lowest BCUT2D eigenvalue weighted by Crippen LogP contribution is -2.38. The molecule has 0 aliphatic carbocycles. The molecule has 1 aromatic rings. The van der Waals surface area contributed by atoms with E-state index in [1.165, 1.54) is 11.9 Å². The molecule has 6 heteroatoms. The number of rotatable bonds is 4. The van der Waals surface area contributed by atoms with Crippen molar-refractivity contribution < 1.29 is 9.59 Å². The van der Waals surface area contributed by atoms with E-state index < -0.39 is 0 Å². The number of hydrogen-bond donors (Lipinski definition) is 2. The molecule has 0 aromatic heterocycles. The molecule has 98 valence electrons. The van der Waals surface area contributed by atoms with Crippen LogP contribution >= 0.6 is 11.6 Å². The Kier molecular flexibility index (Phi) is 4.97. The molecule has 0 saturated heterocycles. The minimum Gasteiger partial charge on any atom is -0.398 e. The van der Waals surface area contributed by atoms with E-state index in [9.17, 15) is 9.59 Å².